The predicted octanol–water partition coefficient (Wildman–Crippen LogP) is 0.876. The summed E-state index contributed by atoms with van der Waals surface area (Å²) in [6.45, 7) is 2.79. The van der Waals surface area contributed by atoms with Crippen LogP contribution in [-0.2, 0) is 14.3 Å². The van der Waals surface area contributed by atoms with E-state index in [1.165, 1.54) is 4.90 Å². The molecule has 2 heterocycles. The summed E-state index contributed by atoms with van der Waals surface area (Å²) in [4.78, 5) is 41.3. The first-order valence-corrected chi connectivity index (χ1v) is 10.1. The largest absolute Gasteiger partial charge is 0.464 e. The van der Waals surface area contributed by atoms with E-state index in [0.717, 1.165) is 32.1 Å². The third-order valence-electron chi connectivity index (χ3n) is 6.04. The molecule has 1 aliphatic carbocycles. The zero-order chi connectivity index (χ0) is 19.6. The minimum Gasteiger partial charge on any atom is -0.464 e. The van der Waals surface area contributed by atoms with Crippen molar-refractivity contribution in [1.29, 1.82) is 0 Å². The SMILES string of the molecule is CCOC(=O)[C@@]12C[C@H]1CCCCCCN(C)C(=O)N1C[C@@H](O)C[C@H]1C(=O)N2. The number of urea groups is 1. The van der Waals surface area contributed by atoms with Crippen LogP contribution < -0.4 is 5.32 Å². The van der Waals surface area contributed by atoms with Crippen LogP contribution in [0.25, 0.3) is 0 Å². The van der Waals surface area contributed by atoms with Crippen LogP contribution in [0.1, 0.15) is 51.9 Å². The van der Waals surface area contributed by atoms with Gasteiger partial charge in [-0.25, -0.2) is 9.59 Å². The monoisotopic (exact) mass is 381 g/mol. The molecule has 0 bridgehead atoms. The van der Waals surface area contributed by atoms with E-state index in [9.17, 15) is 19.5 Å². The van der Waals surface area contributed by atoms with E-state index in [1.807, 2.05) is 0 Å². The minimum atomic E-state index is -0.967. The van der Waals surface area contributed by atoms with Crippen LogP contribution in [-0.4, -0.2) is 77.2 Å². The number of nitrogens with zero attached hydrogens (tertiary/aromatic N) is 2. The van der Waals surface area contributed by atoms with Gasteiger partial charge in [0.25, 0.3) is 0 Å². The topological polar surface area (TPSA) is 99.2 Å². The number of carbonyl (C=O) groups is 3. The lowest BCUT2D eigenvalue weighted by atomic mass is 10.0. The van der Waals surface area contributed by atoms with Gasteiger partial charge in [0.1, 0.15) is 11.6 Å². The average Bonchev–Trinajstić information content (AvgIpc) is 3.18. The number of fused-ring (bicyclic) bond motifs is 2. The van der Waals surface area contributed by atoms with E-state index in [4.69, 9.17) is 4.74 Å². The number of aliphatic hydroxyl groups is 1. The summed E-state index contributed by atoms with van der Waals surface area (Å²) in [6.07, 6.45) is 4.88. The van der Waals surface area contributed by atoms with Gasteiger partial charge in [-0.1, -0.05) is 19.3 Å². The number of hydrogen-bond acceptors (Lipinski definition) is 5. The van der Waals surface area contributed by atoms with Crippen LogP contribution in [0.4, 0.5) is 4.79 Å². The van der Waals surface area contributed by atoms with E-state index in [0.29, 0.717) is 13.0 Å². The van der Waals surface area contributed by atoms with Crippen LogP contribution in [0.3, 0.4) is 0 Å². The van der Waals surface area contributed by atoms with Gasteiger partial charge in [0.05, 0.1) is 12.7 Å². The smallest absolute Gasteiger partial charge is 0.332 e. The minimum absolute atomic E-state index is 0.0848. The van der Waals surface area contributed by atoms with Gasteiger partial charge in [0, 0.05) is 26.6 Å². The lowest BCUT2D eigenvalue weighted by molar-refractivity contribution is -0.149. The zero-order valence-corrected chi connectivity index (χ0v) is 16.3. The molecule has 0 unspecified atom stereocenters. The molecule has 152 valence electrons. The van der Waals surface area contributed by atoms with Gasteiger partial charge in [-0.2, -0.15) is 0 Å². The molecule has 27 heavy (non-hydrogen) atoms. The molecule has 3 aliphatic rings. The van der Waals surface area contributed by atoms with Crippen molar-refractivity contribution >= 4 is 17.9 Å². The van der Waals surface area contributed by atoms with Crippen LogP contribution in [0, 0.1) is 5.92 Å². The molecule has 0 radical (unpaired) electrons. The zero-order valence-electron chi connectivity index (χ0n) is 16.3. The normalized spacial score (nSPS) is 35.0. The maximum Gasteiger partial charge on any atom is 0.332 e. The second kappa shape index (κ2) is 8.04. The first kappa shape index (κ1) is 19.9. The number of esters is 1. The van der Waals surface area contributed by atoms with Crippen molar-refractivity contribution in [2.45, 2.75) is 69.6 Å². The van der Waals surface area contributed by atoms with E-state index >= 15 is 0 Å². The molecule has 0 aromatic heterocycles. The molecular formula is C19H31N3O5. The number of ether oxygens (including phenoxy) is 1. The number of nitrogens with one attached hydrogen (secondary N) is 1. The summed E-state index contributed by atoms with van der Waals surface area (Å²) in [5, 5.41) is 13.0. The second-order valence-corrected chi connectivity index (χ2v) is 8.05. The highest BCUT2D eigenvalue weighted by atomic mass is 16.5. The molecule has 2 saturated heterocycles. The maximum atomic E-state index is 13.0. The van der Waals surface area contributed by atoms with E-state index in [1.54, 1.807) is 18.9 Å². The van der Waals surface area contributed by atoms with Crippen LogP contribution in [0.15, 0.2) is 0 Å². The third-order valence-corrected chi connectivity index (χ3v) is 6.04. The van der Waals surface area contributed by atoms with Gasteiger partial charge in [0.2, 0.25) is 5.91 Å². The summed E-state index contributed by atoms with van der Waals surface area (Å²) in [7, 11) is 1.73. The highest BCUT2D eigenvalue weighted by molar-refractivity contribution is 5.95. The summed E-state index contributed by atoms with van der Waals surface area (Å²) < 4.78 is 5.22. The van der Waals surface area contributed by atoms with Crippen molar-refractivity contribution in [2.24, 2.45) is 5.92 Å². The number of carbonyl (C=O) groups excluding carboxylic acids is 3. The van der Waals surface area contributed by atoms with Crippen molar-refractivity contribution < 1.29 is 24.2 Å². The standard InChI is InChI=1S/C19H31N3O5/c1-3-27-17(25)19-11-13(19)8-6-4-5-7-9-21(2)18(26)22-12-14(23)10-15(22)16(24)20-19/h13-15,23H,3-12H2,1-2H3,(H,20,24)/t13-,14+,15+,19-/m1/s1. The molecule has 8 nitrogen and oxygen atoms in total. The van der Waals surface area contributed by atoms with Gasteiger partial charge in [-0.05, 0) is 32.1 Å². The van der Waals surface area contributed by atoms with Crippen LogP contribution in [0.5, 0.6) is 0 Å². The van der Waals surface area contributed by atoms with Crippen molar-refractivity contribution in [3.8, 4) is 0 Å². The number of amides is 3. The number of hydrogen-bond donors (Lipinski definition) is 2. The van der Waals surface area contributed by atoms with Gasteiger partial charge >= 0.3 is 12.0 Å². The van der Waals surface area contributed by atoms with Crippen LogP contribution in [0.2, 0.25) is 0 Å². The molecule has 0 spiro atoms. The fourth-order valence-electron chi connectivity index (χ4n) is 4.38. The van der Waals surface area contributed by atoms with Gasteiger partial charge in [-0.3, -0.25) is 4.79 Å². The summed E-state index contributed by atoms with van der Waals surface area (Å²) in [6, 6.07) is -1.01. The highest BCUT2D eigenvalue weighted by Gasteiger charge is 2.62. The Morgan fingerprint density at radius 1 is 1.30 bits per heavy atom. The van der Waals surface area contributed by atoms with Gasteiger partial charge in [0.15, 0.2) is 0 Å². The van der Waals surface area contributed by atoms with Gasteiger partial charge < -0.3 is 25.0 Å². The second-order valence-electron chi connectivity index (χ2n) is 8.05. The molecule has 1 saturated carbocycles. The van der Waals surface area contributed by atoms with E-state index < -0.39 is 17.7 Å². The Hall–Kier alpha value is -1.83. The number of aliphatic hydroxyl groups excluding tert-OH is 1. The molecule has 3 amide bonds. The van der Waals surface area contributed by atoms with Crippen molar-refractivity contribution in [2.75, 3.05) is 26.7 Å². The molecule has 4 atom stereocenters. The molecule has 0 aromatic rings. The fraction of sp³-hybridized carbons (Fsp3) is 0.842. The first-order chi connectivity index (χ1) is 12.9. The predicted molar refractivity (Wildman–Crippen MR) is 97.8 cm³/mol. The highest BCUT2D eigenvalue weighted by Crippen LogP contribution is 2.48. The third kappa shape index (κ3) is 4.05. The van der Waals surface area contributed by atoms with Crippen molar-refractivity contribution in [3.63, 3.8) is 0 Å². The van der Waals surface area contributed by atoms with Crippen molar-refractivity contribution in [3.05, 3.63) is 0 Å². The quantitative estimate of drug-likeness (QED) is 0.692. The lowest BCUT2D eigenvalue weighted by Gasteiger charge is -2.30. The Morgan fingerprint density at radius 3 is 2.78 bits per heavy atom. The molecular weight excluding hydrogens is 350 g/mol. The van der Waals surface area contributed by atoms with E-state index in [-0.39, 0.29) is 43.4 Å². The summed E-state index contributed by atoms with van der Waals surface area (Å²) in [5.74, 6) is -0.675. The fourth-order valence-corrected chi connectivity index (χ4v) is 4.38. The maximum absolute atomic E-state index is 13.0. The van der Waals surface area contributed by atoms with Crippen LogP contribution >= 0.6 is 0 Å². The molecule has 3 fully saturated rings. The Labute approximate surface area is 160 Å². The average molecular weight is 381 g/mol. The first-order valence-electron chi connectivity index (χ1n) is 10.1. The Bertz CT molecular complexity index is 598. The molecule has 2 aliphatic heterocycles. The van der Waals surface area contributed by atoms with Crippen molar-refractivity contribution in [1.82, 2.24) is 15.1 Å². The molecule has 0 aromatic carbocycles. The lowest BCUT2D eigenvalue weighted by Crippen LogP contribution is -2.55. The summed E-state index contributed by atoms with van der Waals surface area (Å²) in [5.41, 5.74) is -0.967. The molecule has 3 rings (SSSR count). The summed E-state index contributed by atoms with van der Waals surface area (Å²) >= 11 is 0. The van der Waals surface area contributed by atoms with Gasteiger partial charge in [-0.15, -0.1) is 0 Å². The number of rotatable bonds is 2. The Kier molecular flexibility index (Phi) is 5.93. The Balaban J connectivity index is 1.81. The Morgan fingerprint density at radius 2 is 2.04 bits per heavy atom. The molecule has 8 heteroatoms. The molecule has 2 N–H and O–H groups in total. The van der Waals surface area contributed by atoms with E-state index in [2.05, 4.69) is 5.32 Å².